The van der Waals surface area contributed by atoms with E-state index in [1.165, 1.54) is 17.3 Å². The van der Waals surface area contributed by atoms with Crippen LogP contribution in [0, 0.1) is 12.8 Å². The summed E-state index contributed by atoms with van der Waals surface area (Å²) in [5.74, 6) is 1.13. The quantitative estimate of drug-likeness (QED) is 0.541. The fraction of sp³-hybridized carbons (Fsp3) is 0.318. The van der Waals surface area contributed by atoms with E-state index in [0.29, 0.717) is 17.0 Å². The van der Waals surface area contributed by atoms with Crippen LogP contribution in [-0.4, -0.2) is 21.9 Å². The molecule has 0 fully saturated rings. The molecule has 146 valence electrons. The van der Waals surface area contributed by atoms with Crippen LogP contribution in [0.4, 0.5) is 0 Å². The van der Waals surface area contributed by atoms with Crippen molar-refractivity contribution < 1.29 is 9.21 Å². The van der Waals surface area contributed by atoms with Crippen molar-refractivity contribution in [2.24, 2.45) is 5.92 Å². The van der Waals surface area contributed by atoms with E-state index in [9.17, 15) is 4.79 Å². The van der Waals surface area contributed by atoms with Crippen molar-refractivity contribution in [2.45, 2.75) is 38.5 Å². The molecule has 0 aliphatic rings. The Kier molecular flexibility index (Phi) is 6.87. The largest absolute Gasteiger partial charge is 0.411 e. The summed E-state index contributed by atoms with van der Waals surface area (Å²) in [6.07, 6.45) is 0.887. The molecule has 0 radical (unpaired) electrons. The topological polar surface area (TPSA) is 68.0 Å². The second-order valence-electron chi connectivity index (χ2n) is 7.19. The van der Waals surface area contributed by atoms with E-state index in [-0.39, 0.29) is 17.7 Å². The molecule has 0 aliphatic heterocycles. The lowest BCUT2D eigenvalue weighted by Gasteiger charge is -2.21. The molecule has 5 nitrogen and oxygen atoms in total. The SMILES string of the molecule is Cc1ccc(-c2nnc(SCC(=O)N[C@H](CC(C)C)c3ccccc3)o2)cc1. The predicted octanol–water partition coefficient (Wildman–Crippen LogP) is 5.04. The third-order valence-corrected chi connectivity index (χ3v) is 5.09. The lowest BCUT2D eigenvalue weighted by Crippen LogP contribution is -2.30. The molecular weight excluding hydrogens is 370 g/mol. The standard InChI is InChI=1S/C22H25N3O2S/c1-15(2)13-19(17-7-5-4-6-8-17)23-20(26)14-28-22-25-24-21(27-22)18-11-9-16(3)10-12-18/h4-12,15,19H,13-14H2,1-3H3,(H,23,26)/t19-/m1/s1. The van der Waals surface area contributed by atoms with Gasteiger partial charge in [0.25, 0.3) is 5.22 Å². The number of carbonyl (C=O) groups excluding carboxylic acids is 1. The maximum atomic E-state index is 12.5. The zero-order chi connectivity index (χ0) is 19.9. The number of thioether (sulfide) groups is 1. The molecule has 3 rings (SSSR count). The van der Waals surface area contributed by atoms with Gasteiger partial charge in [0.2, 0.25) is 11.8 Å². The van der Waals surface area contributed by atoms with Crippen molar-refractivity contribution in [2.75, 3.05) is 5.75 Å². The minimum atomic E-state index is -0.0467. The molecule has 1 heterocycles. The Morgan fingerprint density at radius 3 is 2.46 bits per heavy atom. The fourth-order valence-corrected chi connectivity index (χ4v) is 3.45. The van der Waals surface area contributed by atoms with Crippen molar-refractivity contribution in [3.63, 3.8) is 0 Å². The Hall–Kier alpha value is -2.60. The first-order valence-electron chi connectivity index (χ1n) is 9.39. The zero-order valence-electron chi connectivity index (χ0n) is 16.4. The third kappa shape index (κ3) is 5.70. The monoisotopic (exact) mass is 395 g/mol. The van der Waals surface area contributed by atoms with Crippen molar-refractivity contribution in [3.8, 4) is 11.5 Å². The summed E-state index contributed by atoms with van der Waals surface area (Å²) in [5.41, 5.74) is 3.16. The molecule has 0 saturated heterocycles. The van der Waals surface area contributed by atoms with Crippen LogP contribution in [0.15, 0.2) is 64.2 Å². The highest BCUT2D eigenvalue weighted by Gasteiger charge is 2.17. The minimum Gasteiger partial charge on any atom is -0.411 e. The molecule has 1 N–H and O–H groups in total. The van der Waals surface area contributed by atoms with Crippen molar-refractivity contribution in [1.29, 1.82) is 0 Å². The number of hydrogen-bond donors (Lipinski definition) is 1. The lowest BCUT2D eigenvalue weighted by atomic mass is 9.97. The Morgan fingerprint density at radius 2 is 1.79 bits per heavy atom. The van der Waals surface area contributed by atoms with E-state index >= 15 is 0 Å². The summed E-state index contributed by atoms with van der Waals surface area (Å²) in [7, 11) is 0. The van der Waals surface area contributed by atoms with Crippen molar-refractivity contribution >= 4 is 17.7 Å². The van der Waals surface area contributed by atoms with Crippen LogP contribution in [0.25, 0.3) is 11.5 Å². The van der Waals surface area contributed by atoms with Gasteiger partial charge in [-0.1, -0.05) is 73.6 Å². The van der Waals surface area contributed by atoms with E-state index in [2.05, 4.69) is 29.4 Å². The molecule has 1 atom stereocenters. The van der Waals surface area contributed by atoms with Crippen LogP contribution in [0.5, 0.6) is 0 Å². The van der Waals surface area contributed by atoms with Gasteiger partial charge in [-0.25, -0.2) is 0 Å². The summed E-state index contributed by atoms with van der Waals surface area (Å²) in [6, 6.07) is 18.0. The van der Waals surface area contributed by atoms with E-state index in [0.717, 1.165) is 17.5 Å². The first kappa shape index (κ1) is 20.1. The highest BCUT2D eigenvalue weighted by molar-refractivity contribution is 7.99. The average Bonchev–Trinajstić information content (AvgIpc) is 3.16. The van der Waals surface area contributed by atoms with Gasteiger partial charge in [-0.3, -0.25) is 4.79 Å². The maximum Gasteiger partial charge on any atom is 0.277 e. The number of carbonyl (C=O) groups is 1. The molecule has 6 heteroatoms. The summed E-state index contributed by atoms with van der Waals surface area (Å²) in [5, 5.41) is 11.6. The molecular formula is C22H25N3O2S. The molecule has 3 aromatic rings. The summed E-state index contributed by atoms with van der Waals surface area (Å²) < 4.78 is 5.67. The number of rotatable bonds is 8. The second kappa shape index (κ2) is 9.55. The Labute approximate surface area is 170 Å². The summed E-state index contributed by atoms with van der Waals surface area (Å²) in [4.78, 5) is 12.5. The van der Waals surface area contributed by atoms with E-state index < -0.39 is 0 Å². The second-order valence-corrected chi connectivity index (χ2v) is 8.11. The molecule has 0 aliphatic carbocycles. The van der Waals surface area contributed by atoms with Gasteiger partial charge >= 0.3 is 0 Å². The predicted molar refractivity (Wildman–Crippen MR) is 112 cm³/mol. The normalized spacial score (nSPS) is 12.1. The fourth-order valence-electron chi connectivity index (χ4n) is 2.88. The van der Waals surface area contributed by atoms with Crippen LogP contribution in [0.3, 0.4) is 0 Å². The van der Waals surface area contributed by atoms with E-state index in [1.807, 2.05) is 61.5 Å². The number of hydrogen-bond acceptors (Lipinski definition) is 5. The van der Waals surface area contributed by atoms with Gasteiger partial charge in [-0.15, -0.1) is 10.2 Å². The number of aromatic nitrogens is 2. The van der Waals surface area contributed by atoms with Gasteiger partial charge in [0.1, 0.15) is 0 Å². The van der Waals surface area contributed by atoms with E-state index in [1.54, 1.807) is 0 Å². The average molecular weight is 396 g/mol. The van der Waals surface area contributed by atoms with Crippen LogP contribution >= 0.6 is 11.8 Å². The Bertz CT molecular complexity index is 892. The van der Waals surface area contributed by atoms with Crippen LogP contribution in [0.1, 0.15) is 37.4 Å². The summed E-state index contributed by atoms with van der Waals surface area (Å²) >= 11 is 1.25. The number of benzene rings is 2. The maximum absolute atomic E-state index is 12.5. The first-order chi connectivity index (χ1) is 13.5. The molecule has 0 bridgehead atoms. The number of amides is 1. The van der Waals surface area contributed by atoms with Crippen molar-refractivity contribution in [1.82, 2.24) is 15.5 Å². The van der Waals surface area contributed by atoms with Crippen LogP contribution in [-0.2, 0) is 4.79 Å². The van der Waals surface area contributed by atoms with Crippen LogP contribution < -0.4 is 5.32 Å². The van der Waals surface area contributed by atoms with Gasteiger partial charge in [-0.05, 0) is 37.0 Å². The molecule has 0 unspecified atom stereocenters. The lowest BCUT2D eigenvalue weighted by molar-refractivity contribution is -0.119. The number of aryl methyl sites for hydroxylation is 1. The zero-order valence-corrected chi connectivity index (χ0v) is 17.2. The Balaban J connectivity index is 1.58. The van der Waals surface area contributed by atoms with Gasteiger partial charge in [-0.2, -0.15) is 0 Å². The molecule has 0 saturated carbocycles. The molecule has 1 amide bonds. The summed E-state index contributed by atoms with van der Waals surface area (Å²) in [6.45, 7) is 6.34. The highest BCUT2D eigenvalue weighted by atomic mass is 32.2. The van der Waals surface area contributed by atoms with Crippen molar-refractivity contribution in [3.05, 3.63) is 65.7 Å². The van der Waals surface area contributed by atoms with Gasteiger partial charge in [0.05, 0.1) is 11.8 Å². The van der Waals surface area contributed by atoms with Gasteiger partial charge in [0, 0.05) is 5.56 Å². The van der Waals surface area contributed by atoms with Crippen LogP contribution in [0.2, 0.25) is 0 Å². The molecule has 1 aromatic heterocycles. The minimum absolute atomic E-state index is 0.0000968. The molecule has 0 spiro atoms. The first-order valence-corrected chi connectivity index (χ1v) is 10.4. The molecule has 2 aromatic carbocycles. The molecule has 28 heavy (non-hydrogen) atoms. The Morgan fingerprint density at radius 1 is 1.07 bits per heavy atom. The van der Waals surface area contributed by atoms with Gasteiger partial charge < -0.3 is 9.73 Å². The smallest absolute Gasteiger partial charge is 0.277 e. The highest BCUT2D eigenvalue weighted by Crippen LogP contribution is 2.24. The van der Waals surface area contributed by atoms with E-state index in [4.69, 9.17) is 4.42 Å². The number of nitrogens with zero attached hydrogens (tertiary/aromatic N) is 2. The number of nitrogens with one attached hydrogen (secondary N) is 1. The van der Waals surface area contributed by atoms with Gasteiger partial charge in [0.15, 0.2) is 0 Å². The third-order valence-electron chi connectivity index (χ3n) is 4.28.